The van der Waals surface area contributed by atoms with Crippen molar-refractivity contribution in [3.05, 3.63) is 29.8 Å². The topological polar surface area (TPSA) is 126 Å². The molecule has 2 amide bonds. The second-order valence-electron chi connectivity index (χ2n) is 5.79. The van der Waals surface area contributed by atoms with Crippen molar-refractivity contribution >= 4 is 17.8 Å². The summed E-state index contributed by atoms with van der Waals surface area (Å²) < 4.78 is 9.57. The van der Waals surface area contributed by atoms with Gasteiger partial charge in [0.25, 0.3) is 0 Å². The Labute approximate surface area is 158 Å². The molecule has 150 valence electrons. The molecule has 4 N–H and O–H groups in total. The van der Waals surface area contributed by atoms with E-state index >= 15 is 0 Å². The van der Waals surface area contributed by atoms with Crippen LogP contribution in [0.2, 0.25) is 0 Å². The molecule has 0 aliphatic carbocycles. The molecule has 1 aromatic carbocycles. The highest BCUT2D eigenvalue weighted by Crippen LogP contribution is 2.11. The number of hydrogen-bond donors (Lipinski definition) is 4. The molecule has 0 saturated heterocycles. The molecule has 0 spiro atoms. The van der Waals surface area contributed by atoms with E-state index < -0.39 is 23.9 Å². The van der Waals surface area contributed by atoms with Crippen LogP contribution in [0.15, 0.2) is 24.3 Å². The summed E-state index contributed by atoms with van der Waals surface area (Å²) >= 11 is 0. The van der Waals surface area contributed by atoms with Gasteiger partial charge >= 0.3 is 5.97 Å². The Morgan fingerprint density at radius 1 is 1.07 bits per heavy atom. The van der Waals surface area contributed by atoms with E-state index in [0.29, 0.717) is 13.1 Å². The van der Waals surface area contributed by atoms with E-state index in [9.17, 15) is 19.5 Å². The molecule has 0 saturated carbocycles. The summed E-state index contributed by atoms with van der Waals surface area (Å²) in [6, 6.07) is 7.56. The number of ether oxygens (including phenoxy) is 2. The van der Waals surface area contributed by atoms with Gasteiger partial charge in [0.1, 0.15) is 5.75 Å². The molecule has 0 radical (unpaired) electrons. The number of aliphatic hydroxyl groups excluding tert-OH is 1. The monoisotopic (exact) mass is 381 g/mol. The van der Waals surface area contributed by atoms with Crippen LogP contribution in [0, 0.1) is 0 Å². The zero-order valence-electron chi connectivity index (χ0n) is 15.6. The van der Waals surface area contributed by atoms with Crippen LogP contribution in [0.25, 0.3) is 0 Å². The number of benzene rings is 1. The van der Waals surface area contributed by atoms with Gasteiger partial charge in [-0.15, -0.1) is 0 Å². The van der Waals surface area contributed by atoms with Crippen LogP contribution in [0.4, 0.5) is 0 Å². The quantitative estimate of drug-likeness (QED) is 0.354. The van der Waals surface area contributed by atoms with Crippen molar-refractivity contribution in [2.45, 2.75) is 25.5 Å². The van der Waals surface area contributed by atoms with Gasteiger partial charge in [-0.1, -0.05) is 12.1 Å². The number of nitrogens with one attached hydrogen (secondary N) is 3. The number of aliphatic hydroxyl groups is 1. The van der Waals surface area contributed by atoms with E-state index in [4.69, 9.17) is 4.74 Å². The average molecular weight is 381 g/mol. The molecule has 0 aliphatic heterocycles. The van der Waals surface area contributed by atoms with Crippen LogP contribution in [0.3, 0.4) is 0 Å². The Balaban J connectivity index is 2.14. The molecule has 1 unspecified atom stereocenters. The van der Waals surface area contributed by atoms with Crippen LogP contribution >= 0.6 is 0 Å². The zero-order chi connectivity index (χ0) is 20.1. The van der Waals surface area contributed by atoms with E-state index in [0.717, 1.165) is 11.3 Å². The van der Waals surface area contributed by atoms with Gasteiger partial charge in [-0.2, -0.15) is 0 Å². The molecule has 1 atom stereocenters. The van der Waals surface area contributed by atoms with Crippen molar-refractivity contribution < 1.29 is 29.0 Å². The Kier molecular flexibility index (Phi) is 10.5. The molecule has 0 heterocycles. The number of carbonyl (C=O) groups excluding carboxylic acids is 3. The summed E-state index contributed by atoms with van der Waals surface area (Å²) in [6.45, 7) is 0.688. The molecule has 9 heteroatoms. The first-order chi connectivity index (χ1) is 12.9. The lowest BCUT2D eigenvalue weighted by Gasteiger charge is -2.13. The fourth-order valence-corrected chi connectivity index (χ4v) is 2.12. The highest BCUT2D eigenvalue weighted by atomic mass is 16.5. The molecule has 0 bridgehead atoms. The van der Waals surface area contributed by atoms with Crippen LogP contribution in [0.5, 0.6) is 5.75 Å². The lowest BCUT2D eigenvalue weighted by molar-refractivity contribution is -0.142. The minimum atomic E-state index is -0.769. The molecule has 1 aromatic rings. The summed E-state index contributed by atoms with van der Waals surface area (Å²) in [5.41, 5.74) is 1.01. The molecular weight excluding hydrogens is 354 g/mol. The van der Waals surface area contributed by atoms with Crippen LogP contribution in [-0.2, 0) is 25.7 Å². The highest BCUT2D eigenvalue weighted by Gasteiger charge is 2.10. The van der Waals surface area contributed by atoms with Gasteiger partial charge in [0.2, 0.25) is 11.8 Å². The molecular formula is C18H27N3O6. The normalized spacial score (nSPS) is 11.4. The molecule has 1 rings (SSSR count). The Bertz CT molecular complexity index is 623. The summed E-state index contributed by atoms with van der Waals surface area (Å²) in [5, 5.41) is 17.9. The molecule has 0 aliphatic rings. The van der Waals surface area contributed by atoms with E-state index in [1.807, 2.05) is 24.3 Å². The third-order valence-corrected chi connectivity index (χ3v) is 3.61. The first kappa shape index (κ1) is 22.4. The summed E-state index contributed by atoms with van der Waals surface area (Å²) in [4.78, 5) is 34.0. The van der Waals surface area contributed by atoms with Gasteiger partial charge in [0, 0.05) is 26.1 Å². The number of esters is 1. The first-order valence-corrected chi connectivity index (χ1v) is 8.56. The highest BCUT2D eigenvalue weighted by molar-refractivity contribution is 5.86. The van der Waals surface area contributed by atoms with Crippen molar-refractivity contribution in [2.24, 2.45) is 0 Å². The standard InChI is InChI=1S/C18H27N3O6/c1-26-15-5-3-4-13(8-15)9-19-10-14(22)11-20-17(24)12-21-16(23)6-7-18(25)27-2/h3-5,8,14,19,22H,6-7,9-12H2,1-2H3,(H,20,24)(H,21,23). The van der Waals surface area contributed by atoms with Gasteiger partial charge in [-0.25, -0.2) is 0 Å². The van der Waals surface area contributed by atoms with Gasteiger partial charge < -0.3 is 30.5 Å². The van der Waals surface area contributed by atoms with Crippen molar-refractivity contribution in [1.29, 1.82) is 0 Å². The van der Waals surface area contributed by atoms with E-state index in [1.54, 1.807) is 7.11 Å². The van der Waals surface area contributed by atoms with Crippen molar-refractivity contribution in [3.8, 4) is 5.75 Å². The fourth-order valence-electron chi connectivity index (χ4n) is 2.12. The average Bonchev–Trinajstić information content (AvgIpc) is 2.68. The minimum absolute atomic E-state index is 0.0401. The van der Waals surface area contributed by atoms with Crippen LogP contribution in [-0.4, -0.2) is 62.8 Å². The lowest BCUT2D eigenvalue weighted by Crippen LogP contribution is -2.42. The lowest BCUT2D eigenvalue weighted by atomic mass is 10.2. The third kappa shape index (κ3) is 10.2. The molecule has 9 nitrogen and oxygen atoms in total. The number of methoxy groups -OCH3 is 2. The van der Waals surface area contributed by atoms with Crippen LogP contribution in [0.1, 0.15) is 18.4 Å². The molecule has 27 heavy (non-hydrogen) atoms. The largest absolute Gasteiger partial charge is 0.497 e. The zero-order valence-corrected chi connectivity index (χ0v) is 15.6. The number of hydrogen-bond acceptors (Lipinski definition) is 7. The van der Waals surface area contributed by atoms with Gasteiger partial charge in [0.05, 0.1) is 33.3 Å². The van der Waals surface area contributed by atoms with Gasteiger partial charge in [-0.3, -0.25) is 14.4 Å². The third-order valence-electron chi connectivity index (χ3n) is 3.61. The summed E-state index contributed by atoms with van der Waals surface area (Å²) in [6.07, 6.45) is -0.854. The van der Waals surface area contributed by atoms with Gasteiger partial charge in [0.15, 0.2) is 0 Å². The predicted octanol–water partition coefficient (Wildman–Crippen LogP) is -0.669. The molecule has 0 aromatic heterocycles. The second-order valence-corrected chi connectivity index (χ2v) is 5.79. The van der Waals surface area contributed by atoms with Crippen LogP contribution < -0.4 is 20.7 Å². The Morgan fingerprint density at radius 2 is 1.85 bits per heavy atom. The van der Waals surface area contributed by atoms with Gasteiger partial charge in [-0.05, 0) is 17.7 Å². The van der Waals surface area contributed by atoms with E-state index in [-0.39, 0.29) is 25.9 Å². The maximum Gasteiger partial charge on any atom is 0.306 e. The SMILES string of the molecule is COC(=O)CCC(=O)NCC(=O)NCC(O)CNCc1cccc(OC)c1. The summed E-state index contributed by atoms with van der Waals surface area (Å²) in [5.74, 6) is -0.570. The van der Waals surface area contributed by atoms with E-state index in [2.05, 4.69) is 20.7 Å². The first-order valence-electron chi connectivity index (χ1n) is 8.56. The maximum atomic E-state index is 11.6. The number of carbonyl (C=O) groups is 3. The minimum Gasteiger partial charge on any atom is -0.497 e. The number of amides is 2. The summed E-state index contributed by atoms with van der Waals surface area (Å²) in [7, 11) is 2.84. The Morgan fingerprint density at radius 3 is 2.56 bits per heavy atom. The van der Waals surface area contributed by atoms with Crippen molar-refractivity contribution in [1.82, 2.24) is 16.0 Å². The Hall–Kier alpha value is -2.65. The van der Waals surface area contributed by atoms with Crippen molar-refractivity contribution in [3.63, 3.8) is 0 Å². The fraction of sp³-hybridized carbons (Fsp3) is 0.500. The van der Waals surface area contributed by atoms with E-state index in [1.165, 1.54) is 7.11 Å². The second kappa shape index (κ2) is 12.7. The molecule has 0 fully saturated rings. The smallest absolute Gasteiger partial charge is 0.306 e. The van der Waals surface area contributed by atoms with Crippen molar-refractivity contribution in [2.75, 3.05) is 33.9 Å². The predicted molar refractivity (Wildman–Crippen MR) is 98.0 cm³/mol. The number of rotatable bonds is 12. The maximum absolute atomic E-state index is 11.6.